The number of amides is 1. The summed E-state index contributed by atoms with van der Waals surface area (Å²) in [6, 6.07) is 11.5. The van der Waals surface area contributed by atoms with E-state index >= 15 is 0 Å². The summed E-state index contributed by atoms with van der Waals surface area (Å²) in [5, 5.41) is 10.8. The summed E-state index contributed by atoms with van der Waals surface area (Å²) in [4.78, 5) is 27.2. The molecule has 140 valence electrons. The highest BCUT2D eigenvalue weighted by Crippen LogP contribution is 2.23. The quantitative estimate of drug-likeness (QED) is 0.288. The topological polar surface area (TPSA) is 86.7 Å². The fraction of sp³-hybridized carbons (Fsp3) is 0.100. The van der Waals surface area contributed by atoms with Gasteiger partial charge in [0.25, 0.3) is 11.6 Å². The van der Waals surface area contributed by atoms with E-state index in [-0.39, 0.29) is 12.2 Å². The molecule has 1 heterocycles. The number of benzene rings is 2. The second kappa shape index (κ2) is 8.33. The molecule has 0 bridgehead atoms. The molecule has 0 unspecified atom stereocenters. The molecule has 0 aliphatic heterocycles. The third-order valence-corrected chi connectivity index (χ3v) is 4.89. The van der Waals surface area contributed by atoms with Gasteiger partial charge in [0.05, 0.1) is 28.8 Å². The number of ether oxygens (including phenoxy) is 1. The summed E-state index contributed by atoms with van der Waals surface area (Å²) in [5.41, 5.74) is 1.35. The molecule has 7 nitrogen and oxygen atoms in total. The first-order valence-corrected chi connectivity index (χ1v) is 8.95. The van der Waals surface area contributed by atoms with Crippen molar-refractivity contribution in [3.63, 3.8) is 0 Å². The largest absolute Gasteiger partial charge is 0.497 e. The summed E-state index contributed by atoms with van der Waals surface area (Å²) in [7, 11) is 1.58. The van der Waals surface area contributed by atoms with Crippen LogP contribution in [0, 0.1) is 22.5 Å². The Morgan fingerprint density at radius 1 is 1.39 bits per heavy atom. The summed E-state index contributed by atoms with van der Waals surface area (Å²) in [6.45, 7) is 0.271. The van der Waals surface area contributed by atoms with Crippen molar-refractivity contribution in [3.8, 4) is 18.1 Å². The lowest BCUT2D eigenvalue weighted by Gasteiger charge is -2.01. The minimum absolute atomic E-state index is 0.0446. The average molecular weight is 393 g/mol. The highest BCUT2D eigenvalue weighted by atomic mass is 32.1. The Morgan fingerprint density at radius 2 is 2.21 bits per heavy atom. The lowest BCUT2D eigenvalue weighted by molar-refractivity contribution is -0.384. The minimum atomic E-state index is -0.490. The molecule has 28 heavy (non-hydrogen) atoms. The number of methoxy groups -OCH3 is 1. The Hall–Kier alpha value is -3.70. The maximum atomic E-state index is 12.3. The monoisotopic (exact) mass is 393 g/mol. The third kappa shape index (κ3) is 4.16. The van der Waals surface area contributed by atoms with E-state index in [0.717, 1.165) is 10.2 Å². The van der Waals surface area contributed by atoms with Crippen molar-refractivity contribution < 1.29 is 14.5 Å². The maximum absolute atomic E-state index is 12.3. The van der Waals surface area contributed by atoms with Gasteiger partial charge in [-0.05, 0) is 29.8 Å². The summed E-state index contributed by atoms with van der Waals surface area (Å²) >= 11 is 1.33. The van der Waals surface area contributed by atoms with E-state index in [4.69, 9.17) is 11.2 Å². The Labute approximate surface area is 164 Å². The molecule has 0 spiro atoms. The Bertz CT molecular complexity index is 1200. The molecule has 0 aliphatic carbocycles. The summed E-state index contributed by atoms with van der Waals surface area (Å²) in [6.07, 6.45) is 8.21. The first-order chi connectivity index (χ1) is 13.5. The number of nitro groups is 1. The molecule has 3 rings (SSSR count). The van der Waals surface area contributed by atoms with E-state index in [2.05, 4.69) is 10.9 Å². The Balaban J connectivity index is 1.96. The van der Waals surface area contributed by atoms with Crippen molar-refractivity contribution in [1.29, 1.82) is 0 Å². The lowest BCUT2D eigenvalue weighted by atomic mass is 10.2. The van der Waals surface area contributed by atoms with Crippen LogP contribution in [0.25, 0.3) is 16.3 Å². The summed E-state index contributed by atoms with van der Waals surface area (Å²) in [5.74, 6) is 2.77. The number of nitro benzene ring substituents is 1. The van der Waals surface area contributed by atoms with Crippen molar-refractivity contribution in [2.75, 3.05) is 7.11 Å². The number of non-ortho nitro benzene ring substituents is 1. The van der Waals surface area contributed by atoms with Crippen molar-refractivity contribution in [2.45, 2.75) is 6.54 Å². The maximum Gasteiger partial charge on any atom is 0.272 e. The minimum Gasteiger partial charge on any atom is -0.497 e. The normalized spacial score (nSPS) is 11.6. The number of rotatable bonds is 5. The third-order valence-electron chi connectivity index (χ3n) is 3.84. The molecule has 1 amide bonds. The number of aromatic nitrogens is 1. The molecule has 0 N–H and O–H groups in total. The van der Waals surface area contributed by atoms with E-state index in [1.54, 1.807) is 23.8 Å². The molecule has 0 aliphatic rings. The molecular formula is C20H15N3O4S. The fourth-order valence-electron chi connectivity index (χ4n) is 2.55. The molecule has 3 aromatic rings. The number of hydrogen-bond donors (Lipinski definition) is 0. The van der Waals surface area contributed by atoms with Crippen LogP contribution in [0.1, 0.15) is 5.56 Å². The van der Waals surface area contributed by atoms with Crippen LogP contribution >= 0.6 is 11.3 Å². The second-order valence-electron chi connectivity index (χ2n) is 5.64. The standard InChI is InChI=1S/C20H15N3O4S/c1-3-11-22-17-9-8-16(27-2)13-18(17)28-20(22)21-19(24)10-7-14-5-4-6-15(12-14)23(25)26/h1,4-10,12-13H,11H2,2H3. The molecule has 0 saturated heterocycles. The number of terminal acetylenes is 1. The molecular weight excluding hydrogens is 378 g/mol. The molecule has 8 heteroatoms. The number of nitrogens with zero attached hydrogens (tertiary/aromatic N) is 3. The fourth-order valence-corrected chi connectivity index (χ4v) is 3.61. The first-order valence-electron chi connectivity index (χ1n) is 8.14. The molecule has 0 saturated carbocycles. The van der Waals surface area contributed by atoms with Crippen LogP contribution in [0.15, 0.2) is 53.5 Å². The SMILES string of the molecule is C#CCn1c(=NC(=O)C=Cc2cccc([N+](=O)[O-])c2)sc2cc(OC)ccc21. The van der Waals surface area contributed by atoms with E-state index in [1.165, 1.54) is 35.6 Å². The molecule has 0 atom stereocenters. The van der Waals surface area contributed by atoms with Gasteiger partial charge < -0.3 is 9.30 Å². The van der Waals surface area contributed by atoms with Gasteiger partial charge >= 0.3 is 0 Å². The highest BCUT2D eigenvalue weighted by Gasteiger charge is 2.08. The first kappa shape index (κ1) is 19.1. The van der Waals surface area contributed by atoms with Crippen LogP contribution in [0.2, 0.25) is 0 Å². The Kier molecular flexibility index (Phi) is 5.67. The molecule has 2 aromatic carbocycles. The van der Waals surface area contributed by atoms with Crippen molar-refractivity contribution in [1.82, 2.24) is 4.57 Å². The highest BCUT2D eigenvalue weighted by molar-refractivity contribution is 7.16. The summed E-state index contributed by atoms with van der Waals surface area (Å²) < 4.78 is 7.90. The van der Waals surface area contributed by atoms with Gasteiger partial charge in [-0.2, -0.15) is 4.99 Å². The van der Waals surface area contributed by atoms with Gasteiger partial charge in [0.2, 0.25) is 0 Å². The predicted molar refractivity (Wildman–Crippen MR) is 108 cm³/mol. The van der Waals surface area contributed by atoms with E-state index < -0.39 is 10.8 Å². The Morgan fingerprint density at radius 3 is 2.93 bits per heavy atom. The number of hydrogen-bond acceptors (Lipinski definition) is 5. The van der Waals surface area contributed by atoms with E-state index in [9.17, 15) is 14.9 Å². The van der Waals surface area contributed by atoms with Gasteiger partial charge in [-0.1, -0.05) is 29.4 Å². The van der Waals surface area contributed by atoms with Crippen LogP contribution in [0.4, 0.5) is 5.69 Å². The number of carbonyl (C=O) groups is 1. The second-order valence-corrected chi connectivity index (χ2v) is 6.65. The zero-order valence-electron chi connectivity index (χ0n) is 14.9. The van der Waals surface area contributed by atoms with Crippen LogP contribution < -0.4 is 9.54 Å². The van der Waals surface area contributed by atoms with Crippen molar-refractivity contribution >= 4 is 39.2 Å². The predicted octanol–water partition coefficient (Wildman–Crippen LogP) is 3.39. The smallest absolute Gasteiger partial charge is 0.272 e. The van der Waals surface area contributed by atoms with Gasteiger partial charge in [-0.15, -0.1) is 6.42 Å². The zero-order chi connectivity index (χ0) is 20.1. The van der Waals surface area contributed by atoms with Crippen LogP contribution in [-0.2, 0) is 11.3 Å². The van der Waals surface area contributed by atoms with Crippen molar-refractivity contribution in [2.24, 2.45) is 4.99 Å². The lowest BCUT2D eigenvalue weighted by Crippen LogP contribution is -2.15. The van der Waals surface area contributed by atoms with E-state index in [0.29, 0.717) is 16.1 Å². The van der Waals surface area contributed by atoms with Gasteiger partial charge in [-0.3, -0.25) is 14.9 Å². The number of thiazole rings is 1. The number of fused-ring (bicyclic) bond motifs is 1. The van der Waals surface area contributed by atoms with E-state index in [1.807, 2.05) is 18.2 Å². The van der Waals surface area contributed by atoms with Gasteiger partial charge in [0.15, 0.2) is 4.80 Å². The zero-order valence-corrected chi connectivity index (χ0v) is 15.7. The van der Waals surface area contributed by atoms with Gasteiger partial charge in [0.1, 0.15) is 5.75 Å². The molecule has 0 fully saturated rings. The van der Waals surface area contributed by atoms with Crippen LogP contribution in [0.5, 0.6) is 5.75 Å². The molecule has 0 radical (unpaired) electrons. The van der Waals surface area contributed by atoms with Gasteiger partial charge in [-0.25, -0.2) is 0 Å². The van der Waals surface area contributed by atoms with Crippen LogP contribution in [-0.4, -0.2) is 22.5 Å². The molecule has 1 aromatic heterocycles. The van der Waals surface area contributed by atoms with Crippen molar-refractivity contribution in [3.05, 3.63) is 69.0 Å². The van der Waals surface area contributed by atoms with Crippen LogP contribution in [0.3, 0.4) is 0 Å². The number of carbonyl (C=O) groups excluding carboxylic acids is 1. The average Bonchev–Trinajstić information content (AvgIpc) is 3.03. The van der Waals surface area contributed by atoms with Gasteiger partial charge in [0, 0.05) is 18.2 Å².